The average molecular weight is 298 g/mol. The molecule has 0 saturated heterocycles. The third kappa shape index (κ3) is 4.43. The van der Waals surface area contributed by atoms with Gasteiger partial charge >= 0.3 is 0 Å². The number of hydrogen-bond donors (Lipinski definition) is 1. The smallest absolute Gasteiger partial charge is 0.258 e. The van der Waals surface area contributed by atoms with Gasteiger partial charge in [-0.2, -0.15) is 0 Å². The zero-order valence-electron chi connectivity index (χ0n) is 11.5. The Morgan fingerprint density at radius 1 is 1.35 bits per heavy atom. The fraction of sp³-hybridized carbons (Fsp3) is 0.385. The van der Waals surface area contributed by atoms with Crippen LogP contribution in [0.25, 0.3) is 0 Å². The normalized spacial score (nSPS) is 12.1. The van der Waals surface area contributed by atoms with Crippen molar-refractivity contribution in [1.29, 1.82) is 0 Å². The maximum absolute atomic E-state index is 12.1. The molecule has 110 valence electrons. The van der Waals surface area contributed by atoms with Gasteiger partial charge in [0.05, 0.1) is 9.82 Å². The van der Waals surface area contributed by atoms with Crippen molar-refractivity contribution in [2.24, 2.45) is 5.41 Å². The van der Waals surface area contributed by atoms with Crippen molar-refractivity contribution >= 4 is 15.7 Å². The minimum Gasteiger partial charge on any atom is -0.258 e. The third-order valence-corrected chi connectivity index (χ3v) is 4.21. The Hall–Kier alpha value is -1.73. The van der Waals surface area contributed by atoms with Crippen LogP contribution in [0, 0.1) is 15.5 Å². The van der Waals surface area contributed by atoms with Crippen molar-refractivity contribution in [3.63, 3.8) is 0 Å². The Balaban J connectivity index is 2.84. The maximum Gasteiger partial charge on any atom is 0.269 e. The predicted molar refractivity (Wildman–Crippen MR) is 76.9 cm³/mol. The second-order valence-corrected chi connectivity index (χ2v) is 7.00. The number of hydrogen-bond acceptors (Lipinski definition) is 4. The van der Waals surface area contributed by atoms with Gasteiger partial charge in [-0.05, 0) is 24.0 Å². The van der Waals surface area contributed by atoms with E-state index in [0.717, 1.165) is 0 Å². The summed E-state index contributed by atoms with van der Waals surface area (Å²) in [4.78, 5) is 9.96. The van der Waals surface area contributed by atoms with E-state index in [1.165, 1.54) is 24.3 Å². The van der Waals surface area contributed by atoms with Crippen LogP contribution in [0.3, 0.4) is 0 Å². The highest BCUT2D eigenvalue weighted by Gasteiger charge is 2.21. The van der Waals surface area contributed by atoms with Crippen LogP contribution >= 0.6 is 0 Å². The van der Waals surface area contributed by atoms with Crippen molar-refractivity contribution in [2.75, 3.05) is 6.54 Å². The quantitative estimate of drug-likeness (QED) is 0.475. The van der Waals surface area contributed by atoms with E-state index in [-0.39, 0.29) is 22.5 Å². The molecule has 1 N–H and O–H groups in total. The van der Waals surface area contributed by atoms with E-state index >= 15 is 0 Å². The van der Waals surface area contributed by atoms with Crippen molar-refractivity contribution in [2.45, 2.75) is 25.2 Å². The second kappa shape index (κ2) is 6.15. The van der Waals surface area contributed by atoms with Crippen LogP contribution in [-0.2, 0) is 10.0 Å². The molecule has 0 aromatic heterocycles. The summed E-state index contributed by atoms with van der Waals surface area (Å²) in [5, 5.41) is 10.5. The van der Waals surface area contributed by atoms with E-state index in [0.29, 0.717) is 6.42 Å². The summed E-state index contributed by atoms with van der Waals surface area (Å²) in [6.45, 7) is 7.74. The lowest BCUT2D eigenvalue weighted by Gasteiger charge is -2.23. The van der Waals surface area contributed by atoms with Crippen molar-refractivity contribution in [3.8, 4) is 0 Å². The number of non-ortho nitro benzene ring substituents is 1. The van der Waals surface area contributed by atoms with Gasteiger partial charge < -0.3 is 0 Å². The SMILES string of the molecule is C=CCC(C)(C)CNS(=O)(=O)c1ccc([N+](=O)[O-])cc1. The zero-order valence-corrected chi connectivity index (χ0v) is 12.3. The van der Waals surface area contributed by atoms with Crippen LogP contribution in [0.5, 0.6) is 0 Å². The summed E-state index contributed by atoms with van der Waals surface area (Å²) in [5.74, 6) is 0. The Morgan fingerprint density at radius 2 is 1.90 bits per heavy atom. The number of nitrogens with one attached hydrogen (secondary N) is 1. The van der Waals surface area contributed by atoms with Gasteiger partial charge in [-0.15, -0.1) is 6.58 Å². The van der Waals surface area contributed by atoms with Crippen molar-refractivity contribution < 1.29 is 13.3 Å². The first kappa shape index (κ1) is 16.3. The van der Waals surface area contributed by atoms with Gasteiger partial charge in [0.25, 0.3) is 5.69 Å². The monoisotopic (exact) mass is 298 g/mol. The van der Waals surface area contributed by atoms with Crippen molar-refractivity contribution in [1.82, 2.24) is 4.72 Å². The number of sulfonamides is 1. The second-order valence-electron chi connectivity index (χ2n) is 5.23. The first-order chi connectivity index (χ1) is 9.18. The molecule has 0 unspecified atom stereocenters. The van der Waals surface area contributed by atoms with E-state index in [9.17, 15) is 18.5 Å². The Bertz CT molecular complexity index is 591. The molecule has 0 aliphatic carbocycles. The predicted octanol–water partition coefficient (Wildman–Crippen LogP) is 2.48. The molecule has 0 radical (unpaired) electrons. The number of allylic oxidation sites excluding steroid dienone is 1. The molecule has 0 atom stereocenters. The summed E-state index contributed by atoms with van der Waals surface area (Å²) >= 11 is 0. The van der Waals surface area contributed by atoms with E-state index in [4.69, 9.17) is 0 Å². The number of nitro groups is 1. The summed E-state index contributed by atoms with van der Waals surface area (Å²) in [7, 11) is -3.66. The molecule has 0 fully saturated rings. The van der Waals surface area contributed by atoms with Crippen LogP contribution in [0.2, 0.25) is 0 Å². The molecule has 20 heavy (non-hydrogen) atoms. The van der Waals surface area contributed by atoms with E-state index in [1.54, 1.807) is 6.08 Å². The topological polar surface area (TPSA) is 89.3 Å². The first-order valence-corrected chi connectivity index (χ1v) is 7.51. The molecule has 6 nitrogen and oxygen atoms in total. The highest BCUT2D eigenvalue weighted by molar-refractivity contribution is 7.89. The molecule has 7 heteroatoms. The summed E-state index contributed by atoms with van der Waals surface area (Å²) < 4.78 is 26.6. The minimum absolute atomic E-state index is 0.0116. The molecule has 1 aromatic carbocycles. The lowest BCUT2D eigenvalue weighted by atomic mass is 9.90. The van der Waals surface area contributed by atoms with Gasteiger partial charge in [-0.1, -0.05) is 19.9 Å². The zero-order chi connectivity index (χ0) is 15.4. The van der Waals surface area contributed by atoms with Gasteiger partial charge in [0.1, 0.15) is 0 Å². The van der Waals surface area contributed by atoms with Crippen LogP contribution in [0.4, 0.5) is 5.69 Å². The number of rotatable bonds is 7. The number of nitro benzene ring substituents is 1. The van der Waals surface area contributed by atoms with Crippen LogP contribution in [0.15, 0.2) is 41.8 Å². The maximum atomic E-state index is 12.1. The van der Waals surface area contributed by atoms with E-state index in [2.05, 4.69) is 11.3 Å². The van der Waals surface area contributed by atoms with Crippen LogP contribution in [-0.4, -0.2) is 19.9 Å². The number of nitrogens with zero attached hydrogens (tertiary/aromatic N) is 1. The highest BCUT2D eigenvalue weighted by Crippen LogP contribution is 2.21. The largest absolute Gasteiger partial charge is 0.269 e. The van der Waals surface area contributed by atoms with Gasteiger partial charge in [-0.3, -0.25) is 10.1 Å². The Kier molecular flexibility index (Phi) is 5.02. The van der Waals surface area contributed by atoms with E-state index < -0.39 is 14.9 Å². The lowest BCUT2D eigenvalue weighted by Crippen LogP contribution is -2.33. The highest BCUT2D eigenvalue weighted by atomic mass is 32.2. The molecule has 0 heterocycles. The molecule has 0 amide bonds. The lowest BCUT2D eigenvalue weighted by molar-refractivity contribution is -0.384. The summed E-state index contributed by atoms with van der Waals surface area (Å²) in [5.41, 5.74) is -0.383. The molecule has 0 bridgehead atoms. The van der Waals surface area contributed by atoms with Crippen LogP contribution in [0.1, 0.15) is 20.3 Å². The Labute approximate surface area is 118 Å². The van der Waals surface area contributed by atoms with Gasteiger partial charge in [0, 0.05) is 18.7 Å². The number of benzene rings is 1. The van der Waals surface area contributed by atoms with Crippen molar-refractivity contribution in [3.05, 3.63) is 47.0 Å². The molecule has 0 aliphatic heterocycles. The molecule has 0 spiro atoms. The summed E-state index contributed by atoms with van der Waals surface area (Å²) in [6, 6.07) is 4.79. The molecular formula is C13H18N2O4S. The van der Waals surface area contributed by atoms with Gasteiger partial charge in [0.15, 0.2) is 0 Å². The molecule has 0 aliphatic rings. The average Bonchev–Trinajstić information content (AvgIpc) is 2.37. The van der Waals surface area contributed by atoms with E-state index in [1.807, 2.05) is 13.8 Å². The van der Waals surface area contributed by atoms with Crippen LogP contribution < -0.4 is 4.72 Å². The minimum atomic E-state index is -3.66. The fourth-order valence-electron chi connectivity index (χ4n) is 1.58. The standard InChI is InChI=1S/C13H18N2O4S/c1-4-9-13(2,3)10-14-20(18,19)12-7-5-11(6-8-12)15(16)17/h4-8,14H,1,9-10H2,2-3H3. The molecule has 0 saturated carbocycles. The Morgan fingerprint density at radius 3 is 2.35 bits per heavy atom. The molecule has 1 rings (SSSR count). The van der Waals surface area contributed by atoms with Gasteiger partial charge in [0.2, 0.25) is 10.0 Å². The third-order valence-electron chi connectivity index (χ3n) is 2.80. The summed E-state index contributed by atoms with van der Waals surface area (Å²) in [6.07, 6.45) is 2.41. The first-order valence-electron chi connectivity index (χ1n) is 6.03. The molecule has 1 aromatic rings. The molecular weight excluding hydrogens is 280 g/mol. The van der Waals surface area contributed by atoms with Gasteiger partial charge in [-0.25, -0.2) is 13.1 Å². The fourth-order valence-corrected chi connectivity index (χ4v) is 2.83.